The zero-order valence-electron chi connectivity index (χ0n) is 12.7. The fraction of sp³-hybridized carbons (Fsp3) is 0.294. The van der Waals surface area contributed by atoms with Gasteiger partial charge in [-0.3, -0.25) is 0 Å². The zero-order valence-corrected chi connectivity index (χ0v) is 15.9. The van der Waals surface area contributed by atoms with E-state index in [1.807, 2.05) is 12.1 Å². The Morgan fingerprint density at radius 3 is 2.24 bits per heavy atom. The molecule has 0 aliphatic heterocycles. The molecule has 0 saturated carbocycles. The van der Waals surface area contributed by atoms with Crippen LogP contribution in [-0.4, -0.2) is 7.11 Å². The van der Waals surface area contributed by atoms with E-state index in [4.69, 9.17) is 4.74 Å². The standard InChI is InChI=1S/C17H19Br2NO/c1-10-5-12(3)13(6-11(10)2)9-20-16-8-17(21-4)15(19)7-14(16)18/h5-8,20H,9H2,1-4H3. The Bertz CT molecular complexity index is 668. The lowest BCUT2D eigenvalue weighted by Gasteiger charge is -2.14. The summed E-state index contributed by atoms with van der Waals surface area (Å²) >= 11 is 7.06. The normalized spacial score (nSPS) is 10.6. The van der Waals surface area contributed by atoms with E-state index < -0.39 is 0 Å². The lowest BCUT2D eigenvalue weighted by atomic mass is 10.0. The Hall–Kier alpha value is -1.000. The van der Waals surface area contributed by atoms with Crippen molar-refractivity contribution in [3.63, 3.8) is 0 Å². The lowest BCUT2D eigenvalue weighted by Crippen LogP contribution is -2.03. The summed E-state index contributed by atoms with van der Waals surface area (Å²) in [6, 6.07) is 8.48. The van der Waals surface area contributed by atoms with Gasteiger partial charge < -0.3 is 10.1 Å². The second-order valence-corrected chi connectivity index (χ2v) is 6.89. The molecular formula is C17H19Br2NO. The van der Waals surface area contributed by atoms with Crippen molar-refractivity contribution in [2.75, 3.05) is 12.4 Å². The minimum Gasteiger partial charge on any atom is -0.495 e. The van der Waals surface area contributed by atoms with Crippen molar-refractivity contribution in [2.45, 2.75) is 27.3 Å². The number of hydrogen-bond acceptors (Lipinski definition) is 2. The van der Waals surface area contributed by atoms with E-state index in [1.54, 1.807) is 7.11 Å². The molecular weight excluding hydrogens is 394 g/mol. The van der Waals surface area contributed by atoms with Crippen LogP contribution in [0.5, 0.6) is 5.75 Å². The Labute approximate surface area is 143 Å². The number of benzene rings is 2. The molecule has 0 atom stereocenters. The van der Waals surface area contributed by atoms with Gasteiger partial charge in [0, 0.05) is 17.1 Å². The molecule has 2 nitrogen and oxygen atoms in total. The molecule has 0 fully saturated rings. The molecule has 2 aromatic carbocycles. The Morgan fingerprint density at radius 1 is 0.905 bits per heavy atom. The molecule has 0 radical (unpaired) electrons. The largest absolute Gasteiger partial charge is 0.495 e. The number of rotatable bonds is 4. The van der Waals surface area contributed by atoms with E-state index in [2.05, 4.69) is 70.1 Å². The molecule has 1 N–H and O–H groups in total. The minimum absolute atomic E-state index is 0.788. The van der Waals surface area contributed by atoms with E-state index >= 15 is 0 Å². The number of methoxy groups -OCH3 is 1. The van der Waals surface area contributed by atoms with E-state index in [-0.39, 0.29) is 0 Å². The highest BCUT2D eigenvalue weighted by Crippen LogP contribution is 2.34. The summed E-state index contributed by atoms with van der Waals surface area (Å²) in [4.78, 5) is 0. The molecule has 4 heteroatoms. The number of hydrogen-bond donors (Lipinski definition) is 1. The number of ether oxygens (including phenoxy) is 1. The van der Waals surface area contributed by atoms with Crippen LogP contribution in [0.1, 0.15) is 22.3 Å². The summed E-state index contributed by atoms with van der Waals surface area (Å²) in [6.45, 7) is 7.24. The van der Waals surface area contributed by atoms with Crippen LogP contribution in [0.3, 0.4) is 0 Å². The fourth-order valence-electron chi connectivity index (χ4n) is 2.22. The second-order valence-electron chi connectivity index (χ2n) is 5.18. The highest BCUT2D eigenvalue weighted by Gasteiger charge is 2.08. The van der Waals surface area contributed by atoms with Crippen molar-refractivity contribution in [3.05, 3.63) is 55.5 Å². The van der Waals surface area contributed by atoms with Crippen molar-refractivity contribution in [2.24, 2.45) is 0 Å². The van der Waals surface area contributed by atoms with Gasteiger partial charge in [0.25, 0.3) is 0 Å². The van der Waals surface area contributed by atoms with Crippen LogP contribution in [0.2, 0.25) is 0 Å². The quantitative estimate of drug-likeness (QED) is 0.689. The first-order valence-electron chi connectivity index (χ1n) is 6.76. The molecule has 0 saturated heterocycles. The van der Waals surface area contributed by atoms with Crippen LogP contribution in [0.25, 0.3) is 0 Å². The van der Waals surface area contributed by atoms with Crippen LogP contribution < -0.4 is 10.1 Å². The topological polar surface area (TPSA) is 21.3 Å². The third-order valence-electron chi connectivity index (χ3n) is 3.66. The Morgan fingerprint density at radius 2 is 1.57 bits per heavy atom. The summed E-state index contributed by atoms with van der Waals surface area (Å²) < 4.78 is 7.29. The van der Waals surface area contributed by atoms with Gasteiger partial charge >= 0.3 is 0 Å². The van der Waals surface area contributed by atoms with Gasteiger partial charge in [0.1, 0.15) is 5.75 Å². The highest BCUT2D eigenvalue weighted by atomic mass is 79.9. The monoisotopic (exact) mass is 411 g/mol. The van der Waals surface area contributed by atoms with Crippen LogP contribution in [0, 0.1) is 20.8 Å². The van der Waals surface area contributed by atoms with Gasteiger partial charge in [-0.15, -0.1) is 0 Å². The summed E-state index contributed by atoms with van der Waals surface area (Å²) in [5.74, 6) is 0.817. The molecule has 0 spiro atoms. The Kier molecular flexibility index (Phi) is 5.33. The molecule has 0 aliphatic rings. The van der Waals surface area contributed by atoms with Gasteiger partial charge in [-0.05, 0) is 81.0 Å². The molecule has 0 aromatic heterocycles. The highest BCUT2D eigenvalue weighted by molar-refractivity contribution is 9.11. The molecule has 0 aliphatic carbocycles. The van der Waals surface area contributed by atoms with Gasteiger partial charge in [0.15, 0.2) is 0 Å². The number of nitrogens with one attached hydrogen (secondary N) is 1. The van der Waals surface area contributed by atoms with Gasteiger partial charge in [0.05, 0.1) is 17.3 Å². The maximum Gasteiger partial charge on any atom is 0.135 e. The van der Waals surface area contributed by atoms with Crippen molar-refractivity contribution in [1.82, 2.24) is 0 Å². The van der Waals surface area contributed by atoms with E-state index in [0.717, 1.165) is 26.9 Å². The molecule has 21 heavy (non-hydrogen) atoms. The zero-order chi connectivity index (χ0) is 15.6. The molecule has 0 unspecified atom stereocenters. The average Bonchev–Trinajstić information content (AvgIpc) is 2.43. The van der Waals surface area contributed by atoms with Gasteiger partial charge in [-0.1, -0.05) is 12.1 Å². The van der Waals surface area contributed by atoms with Crippen LogP contribution in [0.15, 0.2) is 33.2 Å². The van der Waals surface area contributed by atoms with Crippen molar-refractivity contribution in [1.29, 1.82) is 0 Å². The maximum atomic E-state index is 5.34. The van der Waals surface area contributed by atoms with E-state index in [9.17, 15) is 0 Å². The predicted octanol–water partition coefficient (Wildman–Crippen LogP) is 5.76. The lowest BCUT2D eigenvalue weighted by molar-refractivity contribution is 0.412. The molecule has 2 rings (SSSR count). The number of aryl methyl sites for hydroxylation is 3. The molecule has 0 heterocycles. The van der Waals surface area contributed by atoms with E-state index in [1.165, 1.54) is 22.3 Å². The third-order valence-corrected chi connectivity index (χ3v) is 4.94. The Balaban J connectivity index is 2.22. The second kappa shape index (κ2) is 6.84. The molecule has 112 valence electrons. The van der Waals surface area contributed by atoms with Gasteiger partial charge in [0.2, 0.25) is 0 Å². The summed E-state index contributed by atoms with van der Waals surface area (Å²) in [7, 11) is 1.67. The van der Waals surface area contributed by atoms with Crippen LogP contribution >= 0.6 is 31.9 Å². The minimum atomic E-state index is 0.788. The maximum absolute atomic E-state index is 5.34. The SMILES string of the molecule is COc1cc(NCc2cc(C)c(C)cc2C)c(Br)cc1Br. The third kappa shape index (κ3) is 3.80. The van der Waals surface area contributed by atoms with Crippen molar-refractivity contribution < 1.29 is 4.74 Å². The van der Waals surface area contributed by atoms with Crippen LogP contribution in [-0.2, 0) is 6.54 Å². The average molecular weight is 413 g/mol. The van der Waals surface area contributed by atoms with E-state index in [0.29, 0.717) is 0 Å². The molecule has 0 amide bonds. The summed E-state index contributed by atoms with van der Waals surface area (Å²) in [6.07, 6.45) is 0. The van der Waals surface area contributed by atoms with Gasteiger partial charge in [-0.25, -0.2) is 0 Å². The van der Waals surface area contributed by atoms with Crippen molar-refractivity contribution >= 4 is 37.5 Å². The first kappa shape index (κ1) is 16.4. The summed E-state index contributed by atoms with van der Waals surface area (Å²) in [5, 5.41) is 3.47. The first-order chi connectivity index (χ1) is 9.92. The van der Waals surface area contributed by atoms with Crippen molar-refractivity contribution in [3.8, 4) is 5.75 Å². The first-order valence-corrected chi connectivity index (χ1v) is 8.34. The molecule has 0 bridgehead atoms. The number of halogens is 2. The summed E-state index contributed by atoms with van der Waals surface area (Å²) in [5.41, 5.74) is 6.30. The molecule has 2 aromatic rings. The van der Waals surface area contributed by atoms with Crippen LogP contribution in [0.4, 0.5) is 5.69 Å². The fourth-order valence-corrected chi connectivity index (χ4v) is 3.52. The smallest absolute Gasteiger partial charge is 0.135 e. The predicted molar refractivity (Wildman–Crippen MR) is 96.4 cm³/mol. The number of anilines is 1. The van der Waals surface area contributed by atoms with Gasteiger partial charge in [-0.2, -0.15) is 0 Å².